The first-order valence-electron chi connectivity index (χ1n) is 5.86. The zero-order chi connectivity index (χ0) is 13.1. The highest BCUT2D eigenvalue weighted by atomic mass is 35.5. The molecule has 1 N–H and O–H groups in total. The fourth-order valence-electron chi connectivity index (χ4n) is 1.82. The van der Waals surface area contributed by atoms with E-state index in [1.807, 2.05) is 18.5 Å². The number of aliphatic hydroxyl groups is 1. The van der Waals surface area contributed by atoms with Crippen LogP contribution in [0.1, 0.15) is 36.2 Å². The Kier molecular flexibility index (Phi) is 4.31. The molecule has 1 unspecified atom stereocenters. The zero-order valence-electron chi connectivity index (χ0n) is 10.3. The van der Waals surface area contributed by atoms with Crippen molar-refractivity contribution in [3.05, 3.63) is 27.5 Å². The van der Waals surface area contributed by atoms with Crippen LogP contribution in [0.3, 0.4) is 0 Å². The first-order valence-corrected chi connectivity index (χ1v) is 7.01. The molecule has 2 aromatic rings. The minimum atomic E-state index is -0.630. The number of aryl methyl sites for hydroxylation is 2. The summed E-state index contributed by atoms with van der Waals surface area (Å²) in [6.07, 6.45) is 2.17. The molecule has 1 atom stereocenters. The van der Waals surface area contributed by atoms with E-state index in [0.29, 0.717) is 11.4 Å². The molecule has 0 radical (unpaired) electrons. The minimum Gasteiger partial charge on any atom is -0.387 e. The molecule has 0 saturated heterocycles. The molecule has 7 heteroatoms. The third-order valence-corrected chi connectivity index (χ3v) is 3.99. The summed E-state index contributed by atoms with van der Waals surface area (Å²) < 4.78 is 5.59. The Morgan fingerprint density at radius 1 is 1.50 bits per heavy atom. The fraction of sp³-hybridized carbons (Fsp3) is 0.545. The molecule has 98 valence electrons. The highest BCUT2D eigenvalue weighted by molar-refractivity contribution is 7.05. The van der Waals surface area contributed by atoms with E-state index in [4.69, 9.17) is 11.6 Å². The third-order valence-electron chi connectivity index (χ3n) is 2.79. The van der Waals surface area contributed by atoms with Gasteiger partial charge >= 0.3 is 0 Å². The van der Waals surface area contributed by atoms with Crippen LogP contribution in [0.15, 0.2) is 6.20 Å². The van der Waals surface area contributed by atoms with E-state index in [-0.39, 0.29) is 0 Å². The van der Waals surface area contributed by atoms with Crippen molar-refractivity contribution in [1.29, 1.82) is 0 Å². The summed E-state index contributed by atoms with van der Waals surface area (Å²) in [7, 11) is 0. The molecular formula is C11H15ClN4OS. The summed E-state index contributed by atoms with van der Waals surface area (Å²) >= 11 is 7.49. The topological polar surface area (TPSA) is 63.8 Å². The molecule has 0 bridgehead atoms. The van der Waals surface area contributed by atoms with Gasteiger partial charge in [-0.25, -0.2) is 0 Å². The lowest BCUT2D eigenvalue weighted by molar-refractivity contribution is 0.179. The molecule has 2 rings (SSSR count). The van der Waals surface area contributed by atoms with Gasteiger partial charge in [0.25, 0.3) is 0 Å². The van der Waals surface area contributed by atoms with Crippen LogP contribution in [-0.4, -0.2) is 24.5 Å². The van der Waals surface area contributed by atoms with E-state index >= 15 is 0 Å². The lowest BCUT2D eigenvalue weighted by Gasteiger charge is -2.09. The van der Waals surface area contributed by atoms with Gasteiger partial charge in [-0.05, 0) is 24.9 Å². The quantitative estimate of drug-likeness (QED) is 0.916. The summed E-state index contributed by atoms with van der Waals surface area (Å²) in [5.74, 6) is 0. The van der Waals surface area contributed by atoms with Crippen molar-refractivity contribution in [2.75, 3.05) is 0 Å². The first-order chi connectivity index (χ1) is 8.67. The maximum absolute atomic E-state index is 10.1. The van der Waals surface area contributed by atoms with Gasteiger partial charge in [0.1, 0.15) is 0 Å². The lowest BCUT2D eigenvalue weighted by atomic mass is 10.1. The number of aromatic nitrogens is 4. The van der Waals surface area contributed by atoms with Gasteiger partial charge in [0.15, 0.2) is 0 Å². The highest BCUT2D eigenvalue weighted by Crippen LogP contribution is 2.27. The Labute approximate surface area is 115 Å². The fourth-order valence-corrected chi connectivity index (χ4v) is 2.65. The van der Waals surface area contributed by atoms with Crippen molar-refractivity contribution in [3.63, 3.8) is 0 Å². The number of rotatable bonds is 5. The van der Waals surface area contributed by atoms with Crippen molar-refractivity contribution < 1.29 is 5.11 Å². The predicted molar refractivity (Wildman–Crippen MR) is 70.9 cm³/mol. The van der Waals surface area contributed by atoms with E-state index in [1.165, 1.54) is 11.5 Å². The van der Waals surface area contributed by atoms with Crippen molar-refractivity contribution >= 4 is 23.1 Å². The first kappa shape index (κ1) is 13.5. The Morgan fingerprint density at radius 3 is 2.83 bits per heavy atom. The number of hydrogen-bond donors (Lipinski definition) is 1. The molecule has 0 spiro atoms. The van der Waals surface area contributed by atoms with Crippen LogP contribution in [-0.2, 0) is 19.4 Å². The molecule has 0 amide bonds. The van der Waals surface area contributed by atoms with Gasteiger partial charge in [-0.2, -0.15) is 5.10 Å². The van der Waals surface area contributed by atoms with Crippen LogP contribution >= 0.6 is 23.1 Å². The van der Waals surface area contributed by atoms with Crippen LogP contribution in [0.5, 0.6) is 0 Å². The summed E-state index contributed by atoms with van der Waals surface area (Å²) in [6, 6.07) is 0. The second-order valence-electron chi connectivity index (χ2n) is 3.92. The molecule has 2 heterocycles. The Hall–Kier alpha value is -0.980. The molecule has 18 heavy (non-hydrogen) atoms. The van der Waals surface area contributed by atoms with Crippen LogP contribution < -0.4 is 0 Å². The monoisotopic (exact) mass is 286 g/mol. The summed E-state index contributed by atoms with van der Waals surface area (Å²) in [5.41, 5.74) is 1.75. The zero-order valence-corrected chi connectivity index (χ0v) is 11.9. The van der Waals surface area contributed by atoms with Crippen molar-refractivity contribution in [3.8, 4) is 0 Å². The predicted octanol–water partition coefficient (Wildman–Crippen LogP) is 2.25. The minimum absolute atomic E-state index is 0.434. The average Bonchev–Trinajstić information content (AvgIpc) is 2.99. The lowest BCUT2D eigenvalue weighted by Crippen LogP contribution is -2.08. The second-order valence-corrected chi connectivity index (χ2v) is 5.11. The van der Waals surface area contributed by atoms with Gasteiger partial charge in [0.05, 0.1) is 33.6 Å². The molecule has 0 aliphatic heterocycles. The maximum Gasteiger partial charge on any atom is 0.0969 e. The van der Waals surface area contributed by atoms with E-state index in [1.54, 1.807) is 6.20 Å². The van der Waals surface area contributed by atoms with Crippen molar-refractivity contribution in [1.82, 2.24) is 19.4 Å². The number of hydrogen-bond acceptors (Lipinski definition) is 5. The molecule has 0 aliphatic carbocycles. The molecule has 0 saturated carbocycles. The average molecular weight is 287 g/mol. The van der Waals surface area contributed by atoms with Gasteiger partial charge in [-0.1, -0.05) is 23.0 Å². The summed E-state index contributed by atoms with van der Waals surface area (Å²) in [5, 5.41) is 18.9. The Balaban J connectivity index is 2.25. The van der Waals surface area contributed by atoms with Gasteiger partial charge in [-0.15, -0.1) is 5.10 Å². The van der Waals surface area contributed by atoms with Gasteiger partial charge < -0.3 is 5.11 Å². The summed E-state index contributed by atoms with van der Waals surface area (Å²) in [6.45, 7) is 4.76. The second kappa shape index (κ2) is 5.77. The van der Waals surface area contributed by atoms with Gasteiger partial charge in [0.2, 0.25) is 0 Å². The SMILES string of the molecule is CCc1nn(CC)c(CC(O)c2cnns2)c1Cl. The Morgan fingerprint density at radius 2 is 2.28 bits per heavy atom. The van der Waals surface area contributed by atoms with E-state index < -0.39 is 6.10 Å². The van der Waals surface area contributed by atoms with Crippen molar-refractivity contribution in [2.45, 2.75) is 39.3 Å². The molecule has 0 aromatic carbocycles. The smallest absolute Gasteiger partial charge is 0.0969 e. The molecule has 0 aliphatic rings. The van der Waals surface area contributed by atoms with Crippen LogP contribution in [0.4, 0.5) is 0 Å². The van der Waals surface area contributed by atoms with Crippen LogP contribution in [0, 0.1) is 0 Å². The van der Waals surface area contributed by atoms with Crippen LogP contribution in [0.2, 0.25) is 5.02 Å². The maximum atomic E-state index is 10.1. The van der Waals surface area contributed by atoms with E-state index in [0.717, 1.165) is 29.2 Å². The molecule has 5 nitrogen and oxygen atoms in total. The van der Waals surface area contributed by atoms with E-state index in [9.17, 15) is 5.11 Å². The molecule has 0 fully saturated rings. The highest BCUT2D eigenvalue weighted by Gasteiger charge is 2.19. The van der Waals surface area contributed by atoms with Crippen molar-refractivity contribution in [2.24, 2.45) is 0 Å². The van der Waals surface area contributed by atoms with Gasteiger partial charge in [-0.3, -0.25) is 4.68 Å². The number of aliphatic hydroxyl groups excluding tert-OH is 1. The Bertz CT molecular complexity index is 511. The molecular weight excluding hydrogens is 272 g/mol. The third kappa shape index (κ3) is 2.55. The van der Waals surface area contributed by atoms with Gasteiger partial charge in [0, 0.05) is 13.0 Å². The van der Waals surface area contributed by atoms with E-state index in [2.05, 4.69) is 14.7 Å². The number of halogens is 1. The largest absolute Gasteiger partial charge is 0.387 e. The van der Waals surface area contributed by atoms with Crippen LogP contribution in [0.25, 0.3) is 0 Å². The normalized spacial score (nSPS) is 12.9. The summed E-state index contributed by atoms with van der Waals surface area (Å²) in [4.78, 5) is 0.743. The number of nitrogens with zero attached hydrogens (tertiary/aromatic N) is 4. The standard InChI is InChI=1S/C11H15ClN4OS/c1-3-7-11(12)8(16(4-2)14-7)5-9(17)10-6-13-15-18-10/h6,9,17H,3-5H2,1-2H3. The molecule has 2 aromatic heterocycles.